The first-order valence-corrected chi connectivity index (χ1v) is 9.47. The van der Waals surface area contributed by atoms with E-state index >= 15 is 0 Å². The van der Waals surface area contributed by atoms with Gasteiger partial charge < -0.3 is 0 Å². The lowest BCUT2D eigenvalue weighted by atomic mass is 10.1. The summed E-state index contributed by atoms with van der Waals surface area (Å²) in [5.74, 6) is 0. The van der Waals surface area contributed by atoms with Crippen molar-refractivity contribution in [1.82, 2.24) is 0 Å². The van der Waals surface area contributed by atoms with Gasteiger partial charge >= 0.3 is 6.18 Å². The Kier molecular flexibility index (Phi) is 4.97. The summed E-state index contributed by atoms with van der Waals surface area (Å²) in [6, 6.07) is 16.1. The number of anilines is 1. The SMILES string of the molecule is C=CCN(c1cccc(C(F)(F)F)c1)S(=O)(=O)c1ccc2ccccc2c1. The number of hydrogen-bond acceptors (Lipinski definition) is 2. The summed E-state index contributed by atoms with van der Waals surface area (Å²) < 4.78 is 66.2. The Labute approximate surface area is 155 Å². The van der Waals surface area contributed by atoms with E-state index in [2.05, 4.69) is 6.58 Å². The van der Waals surface area contributed by atoms with Crippen LogP contribution in [0.1, 0.15) is 5.56 Å². The Balaban J connectivity index is 2.11. The lowest BCUT2D eigenvalue weighted by molar-refractivity contribution is -0.137. The minimum Gasteiger partial charge on any atom is -0.263 e. The molecule has 0 aliphatic heterocycles. The van der Waals surface area contributed by atoms with Gasteiger partial charge in [-0.15, -0.1) is 6.58 Å². The van der Waals surface area contributed by atoms with Gasteiger partial charge in [-0.3, -0.25) is 4.31 Å². The highest BCUT2D eigenvalue weighted by Crippen LogP contribution is 2.33. The van der Waals surface area contributed by atoms with Gasteiger partial charge in [0, 0.05) is 0 Å². The molecule has 0 aliphatic carbocycles. The summed E-state index contributed by atoms with van der Waals surface area (Å²) in [6.45, 7) is 3.37. The Bertz CT molecular complexity index is 1090. The average Bonchev–Trinajstić information content (AvgIpc) is 2.65. The fraction of sp³-hybridized carbons (Fsp3) is 0.100. The van der Waals surface area contributed by atoms with Crippen LogP contribution >= 0.6 is 0 Å². The third-order valence-electron chi connectivity index (χ3n) is 4.07. The van der Waals surface area contributed by atoms with Crippen molar-refractivity contribution in [2.45, 2.75) is 11.1 Å². The summed E-state index contributed by atoms with van der Waals surface area (Å²) in [5, 5.41) is 1.59. The molecule has 0 radical (unpaired) electrons. The van der Waals surface area contributed by atoms with E-state index in [0.29, 0.717) is 0 Å². The van der Waals surface area contributed by atoms with E-state index in [1.54, 1.807) is 18.2 Å². The molecule has 0 atom stereocenters. The van der Waals surface area contributed by atoms with Crippen molar-refractivity contribution >= 4 is 26.5 Å². The lowest BCUT2D eigenvalue weighted by Crippen LogP contribution is -2.31. The summed E-state index contributed by atoms with van der Waals surface area (Å²) in [7, 11) is -4.08. The molecule has 0 fully saturated rings. The number of rotatable bonds is 5. The van der Waals surface area contributed by atoms with E-state index in [1.165, 1.54) is 30.3 Å². The third-order valence-corrected chi connectivity index (χ3v) is 5.86. The van der Waals surface area contributed by atoms with Crippen molar-refractivity contribution in [3.05, 3.63) is 84.9 Å². The van der Waals surface area contributed by atoms with E-state index in [9.17, 15) is 21.6 Å². The Morgan fingerprint density at radius 3 is 2.30 bits per heavy atom. The second-order valence-corrected chi connectivity index (χ2v) is 7.74. The van der Waals surface area contributed by atoms with Gasteiger partial charge in [0.15, 0.2) is 0 Å². The normalized spacial score (nSPS) is 12.1. The largest absolute Gasteiger partial charge is 0.416 e. The van der Waals surface area contributed by atoms with Crippen molar-refractivity contribution < 1.29 is 21.6 Å². The average molecular weight is 391 g/mol. The van der Waals surface area contributed by atoms with Crippen LogP contribution in [0.4, 0.5) is 18.9 Å². The zero-order chi connectivity index (χ0) is 19.7. The first-order chi connectivity index (χ1) is 12.7. The van der Waals surface area contributed by atoms with Crippen molar-refractivity contribution in [2.75, 3.05) is 10.8 Å². The van der Waals surface area contributed by atoms with Crippen LogP contribution < -0.4 is 4.31 Å². The number of halogens is 3. The molecule has 0 amide bonds. The number of nitrogens with zero attached hydrogens (tertiary/aromatic N) is 1. The molecule has 0 saturated heterocycles. The highest BCUT2D eigenvalue weighted by atomic mass is 32.2. The number of alkyl halides is 3. The van der Waals surface area contributed by atoms with Crippen LogP contribution in [0.15, 0.2) is 84.3 Å². The minimum atomic E-state index is -4.57. The maximum atomic E-state index is 13.1. The monoisotopic (exact) mass is 391 g/mol. The molecule has 3 rings (SSSR count). The third kappa shape index (κ3) is 3.83. The summed E-state index contributed by atoms with van der Waals surface area (Å²) in [6.07, 6.45) is -3.23. The second kappa shape index (κ2) is 7.08. The van der Waals surface area contributed by atoms with Gasteiger partial charge in [0.25, 0.3) is 10.0 Å². The van der Waals surface area contributed by atoms with Crippen LogP contribution in [0, 0.1) is 0 Å². The van der Waals surface area contributed by atoms with Crippen molar-refractivity contribution in [2.24, 2.45) is 0 Å². The molecule has 0 bridgehead atoms. The molecular weight excluding hydrogens is 375 g/mol. The number of sulfonamides is 1. The number of fused-ring (bicyclic) bond motifs is 1. The predicted molar refractivity (Wildman–Crippen MR) is 100 cm³/mol. The molecule has 0 saturated carbocycles. The van der Waals surface area contributed by atoms with Crippen molar-refractivity contribution in [3.8, 4) is 0 Å². The molecule has 0 N–H and O–H groups in total. The molecule has 3 nitrogen and oxygen atoms in total. The van der Waals surface area contributed by atoms with E-state index in [1.807, 2.05) is 12.1 Å². The molecule has 7 heteroatoms. The van der Waals surface area contributed by atoms with E-state index < -0.39 is 21.8 Å². The molecular formula is C20H16F3NO2S. The van der Waals surface area contributed by atoms with Gasteiger partial charge in [-0.05, 0) is 41.1 Å². The Morgan fingerprint density at radius 2 is 1.63 bits per heavy atom. The summed E-state index contributed by atoms with van der Waals surface area (Å²) >= 11 is 0. The van der Waals surface area contributed by atoms with Crippen molar-refractivity contribution in [1.29, 1.82) is 0 Å². The molecule has 0 aromatic heterocycles. The maximum absolute atomic E-state index is 13.1. The van der Waals surface area contributed by atoms with Gasteiger partial charge in [-0.1, -0.05) is 42.5 Å². The number of benzene rings is 3. The summed E-state index contributed by atoms with van der Waals surface area (Å²) in [4.78, 5) is 0.000428. The van der Waals surface area contributed by atoms with Crippen molar-refractivity contribution in [3.63, 3.8) is 0 Å². The van der Waals surface area contributed by atoms with Gasteiger partial charge in [0.2, 0.25) is 0 Å². The van der Waals surface area contributed by atoms with Crippen LogP contribution in [0.25, 0.3) is 10.8 Å². The van der Waals surface area contributed by atoms with Gasteiger partial charge in [0.1, 0.15) is 0 Å². The standard InChI is InChI=1S/C20H16F3NO2S/c1-2-12-24(18-9-5-8-17(14-18)20(21,22)23)27(25,26)19-11-10-15-6-3-4-7-16(15)13-19/h2-11,13-14H,1,12H2. The van der Waals surface area contributed by atoms with Crippen LogP contribution in [0.3, 0.4) is 0 Å². The fourth-order valence-corrected chi connectivity index (χ4v) is 4.22. The van der Waals surface area contributed by atoms with Crippen LogP contribution in [0.5, 0.6) is 0 Å². The van der Waals surface area contributed by atoms with E-state index in [4.69, 9.17) is 0 Å². The Hall–Kier alpha value is -2.80. The molecule has 0 heterocycles. The van der Waals surface area contributed by atoms with Gasteiger partial charge in [-0.25, -0.2) is 8.42 Å². The highest BCUT2D eigenvalue weighted by molar-refractivity contribution is 7.92. The van der Waals surface area contributed by atoms with Gasteiger partial charge in [0.05, 0.1) is 22.7 Å². The minimum absolute atomic E-state index is 0.000428. The number of hydrogen-bond donors (Lipinski definition) is 0. The molecule has 140 valence electrons. The quantitative estimate of drug-likeness (QED) is 0.558. The molecule has 27 heavy (non-hydrogen) atoms. The fourth-order valence-electron chi connectivity index (χ4n) is 2.75. The zero-order valence-electron chi connectivity index (χ0n) is 14.1. The van der Waals surface area contributed by atoms with Gasteiger partial charge in [-0.2, -0.15) is 13.2 Å². The molecule has 0 unspecified atom stereocenters. The zero-order valence-corrected chi connectivity index (χ0v) is 15.0. The second-order valence-electron chi connectivity index (χ2n) is 5.88. The molecule has 3 aromatic carbocycles. The molecule has 0 spiro atoms. The van der Waals surface area contributed by atoms with E-state index in [0.717, 1.165) is 27.2 Å². The topological polar surface area (TPSA) is 37.4 Å². The van der Waals surface area contributed by atoms with Crippen LogP contribution in [0.2, 0.25) is 0 Å². The Morgan fingerprint density at radius 1 is 0.926 bits per heavy atom. The maximum Gasteiger partial charge on any atom is 0.416 e. The summed E-state index contributed by atoms with van der Waals surface area (Å²) in [5.41, 5.74) is -0.986. The highest BCUT2D eigenvalue weighted by Gasteiger charge is 2.32. The lowest BCUT2D eigenvalue weighted by Gasteiger charge is -2.24. The van der Waals surface area contributed by atoms with E-state index in [-0.39, 0.29) is 17.1 Å². The smallest absolute Gasteiger partial charge is 0.263 e. The molecule has 3 aromatic rings. The predicted octanol–water partition coefficient (Wildman–Crippen LogP) is 5.24. The van der Waals surface area contributed by atoms with Crippen LogP contribution in [-0.4, -0.2) is 15.0 Å². The first kappa shape index (κ1) is 19.0. The van der Waals surface area contributed by atoms with Crippen LogP contribution in [-0.2, 0) is 16.2 Å². The molecule has 0 aliphatic rings. The first-order valence-electron chi connectivity index (χ1n) is 8.03.